The van der Waals surface area contributed by atoms with Gasteiger partial charge in [0, 0.05) is 26.5 Å². The average molecular weight is 664 g/mol. The van der Waals surface area contributed by atoms with Crippen LogP contribution in [-0.2, 0) is 35.0 Å². The number of hydrogen-bond donors (Lipinski definition) is 2. The number of allylic oxidation sites excluding steroid dienone is 3. The lowest BCUT2D eigenvalue weighted by atomic mass is 9.83. The van der Waals surface area contributed by atoms with Crippen LogP contribution in [0.25, 0.3) is 0 Å². The number of ether oxygens (including phenoxy) is 5. The lowest BCUT2D eigenvalue weighted by molar-refractivity contribution is -0.158. The molecule has 4 bridgehead atoms. The summed E-state index contributed by atoms with van der Waals surface area (Å²) in [6.45, 7) is 7.25. The zero-order chi connectivity index (χ0) is 34.1. The van der Waals surface area contributed by atoms with Crippen LogP contribution < -0.4 is 15.0 Å². The molecular weight excluding hydrogens is 618 g/mol. The molecule has 3 aliphatic heterocycles. The number of fused-ring (bicyclic) bond motifs is 5. The molecule has 12 nitrogen and oxygen atoms in total. The van der Waals surface area contributed by atoms with E-state index in [1.165, 1.54) is 19.1 Å². The fraction of sp³-hybridized carbons (Fsp3) is 0.606. The maximum atomic E-state index is 13.9. The Morgan fingerprint density at radius 3 is 2.59 bits per heavy atom. The maximum Gasteiger partial charge on any atom is 0.409 e. The van der Waals surface area contributed by atoms with Gasteiger partial charge in [-0.05, 0) is 59.0 Å². The summed E-state index contributed by atoms with van der Waals surface area (Å²) in [5.74, 6) is -0.933. The summed E-state index contributed by atoms with van der Waals surface area (Å²) in [6.07, 6.45) is 1.53. The number of anilines is 1. The van der Waals surface area contributed by atoms with Gasteiger partial charge in [0.1, 0.15) is 40.7 Å². The molecule has 13 heteroatoms. The van der Waals surface area contributed by atoms with E-state index in [4.69, 9.17) is 35.3 Å². The van der Waals surface area contributed by atoms with Crippen LogP contribution in [0.4, 0.5) is 10.5 Å². The van der Waals surface area contributed by atoms with Crippen LogP contribution >= 0.6 is 11.6 Å². The third-order valence-corrected chi connectivity index (χ3v) is 9.70. The van der Waals surface area contributed by atoms with Crippen molar-refractivity contribution in [3.63, 3.8) is 0 Å². The van der Waals surface area contributed by atoms with Crippen molar-refractivity contribution < 1.29 is 43.2 Å². The van der Waals surface area contributed by atoms with Gasteiger partial charge in [-0.1, -0.05) is 42.3 Å². The van der Waals surface area contributed by atoms with Gasteiger partial charge in [0.25, 0.3) is 0 Å². The Kier molecular flexibility index (Phi) is 10.8. The van der Waals surface area contributed by atoms with E-state index in [0.29, 0.717) is 17.9 Å². The lowest BCUT2D eigenvalue weighted by Crippen LogP contribution is -2.63. The third-order valence-electron chi connectivity index (χ3n) is 9.32. The highest BCUT2D eigenvalue weighted by atomic mass is 35.5. The Labute approximate surface area is 275 Å². The first-order valence-corrected chi connectivity index (χ1v) is 15.7. The van der Waals surface area contributed by atoms with Gasteiger partial charge >= 0.3 is 12.1 Å². The van der Waals surface area contributed by atoms with Crippen LogP contribution in [0.2, 0.25) is 5.02 Å². The largest absolute Gasteiger partial charge is 0.495 e. The number of halogens is 1. The fourth-order valence-corrected chi connectivity index (χ4v) is 6.37. The predicted molar refractivity (Wildman–Crippen MR) is 172 cm³/mol. The molecule has 0 saturated carbocycles. The van der Waals surface area contributed by atoms with E-state index in [-0.39, 0.29) is 23.8 Å². The summed E-state index contributed by atoms with van der Waals surface area (Å²) in [5, 5.41) is 14.4. The van der Waals surface area contributed by atoms with Crippen LogP contribution in [0.5, 0.6) is 5.75 Å². The molecule has 4 unspecified atom stereocenters. The minimum atomic E-state index is -1.78. The highest BCUT2D eigenvalue weighted by Gasteiger charge is 2.64. The molecule has 46 heavy (non-hydrogen) atoms. The number of benzene rings is 1. The molecule has 0 spiro atoms. The molecular formula is C33H46ClN3O9. The summed E-state index contributed by atoms with van der Waals surface area (Å²) in [5.41, 5.74) is -0.642. The molecule has 1 aromatic carbocycles. The van der Waals surface area contributed by atoms with Crippen molar-refractivity contribution >= 4 is 35.3 Å². The maximum absolute atomic E-state index is 13.9. The topological polar surface area (TPSA) is 139 Å². The van der Waals surface area contributed by atoms with Crippen molar-refractivity contribution in [3.05, 3.63) is 46.5 Å². The van der Waals surface area contributed by atoms with Gasteiger partial charge in [0.05, 0.1) is 25.3 Å². The van der Waals surface area contributed by atoms with Crippen LogP contribution in [-0.4, -0.2) is 105 Å². The molecule has 0 radical (unpaired) electrons. The first-order chi connectivity index (χ1) is 21.5. The molecule has 2 saturated heterocycles. The number of epoxide rings is 1. The van der Waals surface area contributed by atoms with E-state index in [1.807, 2.05) is 32.1 Å². The van der Waals surface area contributed by atoms with E-state index >= 15 is 0 Å². The van der Waals surface area contributed by atoms with Gasteiger partial charge in [-0.25, -0.2) is 4.79 Å². The Bertz CT molecular complexity index is 1400. The fourth-order valence-electron chi connectivity index (χ4n) is 6.05. The Morgan fingerprint density at radius 2 is 1.96 bits per heavy atom. The summed E-state index contributed by atoms with van der Waals surface area (Å²) < 4.78 is 29.0. The minimum Gasteiger partial charge on any atom is -0.495 e. The molecule has 2 fully saturated rings. The molecule has 0 aromatic heterocycles. The van der Waals surface area contributed by atoms with Gasteiger partial charge in [0.15, 0.2) is 5.72 Å². The van der Waals surface area contributed by atoms with Gasteiger partial charge < -0.3 is 33.7 Å². The number of nitrogens with one attached hydrogen (secondary N) is 1. The van der Waals surface area contributed by atoms with E-state index in [1.54, 1.807) is 52.0 Å². The molecule has 254 valence electrons. The van der Waals surface area contributed by atoms with Crippen molar-refractivity contribution in [1.82, 2.24) is 10.2 Å². The average Bonchev–Trinajstić information content (AvgIpc) is 3.69. The van der Waals surface area contributed by atoms with E-state index in [0.717, 1.165) is 11.1 Å². The highest BCUT2D eigenvalue weighted by Crippen LogP contribution is 2.49. The second kappa shape index (κ2) is 13.9. The normalized spacial score (nSPS) is 34.4. The Hall–Kier alpha value is -3.16. The third kappa shape index (κ3) is 7.36. The number of methoxy groups -OCH3 is 2. The number of carbonyl (C=O) groups excluding carboxylic acids is 3. The number of likely N-dealkylation sites (N-methyl/N-ethyl adjacent to an activating group) is 1. The van der Waals surface area contributed by atoms with Crippen molar-refractivity contribution in [2.75, 3.05) is 40.3 Å². The zero-order valence-electron chi connectivity index (χ0n) is 28.0. The number of hydrogen-bond acceptors (Lipinski definition) is 10. The second-order valence-corrected chi connectivity index (χ2v) is 13.2. The first-order valence-electron chi connectivity index (χ1n) is 15.3. The van der Waals surface area contributed by atoms with Gasteiger partial charge in [-0.15, -0.1) is 0 Å². The number of alkyl carbamates (subject to hydrolysis) is 1. The summed E-state index contributed by atoms with van der Waals surface area (Å²) in [7, 11) is 8.07. The van der Waals surface area contributed by atoms with Crippen molar-refractivity contribution in [1.29, 1.82) is 0 Å². The molecule has 3 aliphatic rings. The van der Waals surface area contributed by atoms with Crippen LogP contribution in [0.1, 0.15) is 46.1 Å². The van der Waals surface area contributed by atoms with E-state index < -0.39 is 59.8 Å². The van der Waals surface area contributed by atoms with Gasteiger partial charge in [-0.2, -0.15) is 0 Å². The van der Waals surface area contributed by atoms with E-state index in [9.17, 15) is 19.5 Å². The number of carbonyl (C=O) groups is 3. The molecule has 3 heterocycles. The van der Waals surface area contributed by atoms with Crippen molar-refractivity contribution in [3.8, 4) is 5.75 Å². The smallest absolute Gasteiger partial charge is 0.409 e. The number of esters is 1. The van der Waals surface area contributed by atoms with Crippen LogP contribution in [0, 0.1) is 5.92 Å². The minimum absolute atomic E-state index is 0.00466. The SMILES string of the molecule is COc1cc2cc(c1Cl)N(C)C(=O)C[C@H](OC(=O)C(C)N(C)C)C1(C)OC1[C@H](C)C1C[C@@](O)(NC(=O)O1)[C@H](OC)/C=C/C=C(\C)C2. The van der Waals surface area contributed by atoms with Crippen LogP contribution in [0.3, 0.4) is 0 Å². The van der Waals surface area contributed by atoms with Crippen molar-refractivity contribution in [2.45, 2.75) is 88.7 Å². The van der Waals surface area contributed by atoms with E-state index in [2.05, 4.69) is 5.32 Å². The standard InChI is InChI=1S/C33H46ClN3O9/c1-18-11-10-12-25(43-9)33(41)17-24(44-31(40)35-33)19(2)29-32(4,46-29)26(45-30(39)20(3)36(5)6)16-27(38)37(7)22-14-21(13-18)15-23(42-8)28(22)34/h10-12,14-15,19-20,24-26,29,41H,13,16-17H2,1-9H3,(H,35,40)/b12-10+,18-11+/t19-,20?,24?,25-,26+,29?,32?,33+/m1/s1. The van der Waals surface area contributed by atoms with Crippen LogP contribution in [0.15, 0.2) is 35.9 Å². The molecule has 2 N–H and O–H groups in total. The van der Waals surface area contributed by atoms with Gasteiger partial charge in [0.2, 0.25) is 5.91 Å². The Balaban J connectivity index is 1.80. The number of amides is 2. The summed E-state index contributed by atoms with van der Waals surface area (Å²) >= 11 is 6.71. The predicted octanol–water partition coefficient (Wildman–Crippen LogP) is 3.62. The van der Waals surface area contributed by atoms with Crippen molar-refractivity contribution in [2.24, 2.45) is 5.92 Å². The molecule has 2 amide bonds. The second-order valence-electron chi connectivity index (χ2n) is 12.9. The highest BCUT2D eigenvalue weighted by molar-refractivity contribution is 6.35. The molecule has 4 rings (SSSR count). The van der Waals surface area contributed by atoms with Gasteiger partial charge in [-0.3, -0.25) is 19.8 Å². The molecule has 8 atom stereocenters. The number of aliphatic hydroxyl groups is 1. The quantitative estimate of drug-likeness (QED) is 0.355. The summed E-state index contributed by atoms with van der Waals surface area (Å²) in [4.78, 5) is 43.0. The molecule has 1 aromatic rings. The Morgan fingerprint density at radius 1 is 1.26 bits per heavy atom. The monoisotopic (exact) mass is 663 g/mol. The zero-order valence-corrected chi connectivity index (χ0v) is 28.7. The molecule has 0 aliphatic carbocycles. The number of rotatable bonds is 5. The first kappa shape index (κ1) is 35.7. The lowest BCUT2D eigenvalue weighted by Gasteiger charge is -2.42. The number of nitrogens with zero attached hydrogens (tertiary/aromatic N) is 2. The summed E-state index contributed by atoms with van der Waals surface area (Å²) in [6, 6.07) is 3.04.